The average Bonchev–Trinajstić information content (AvgIpc) is 2.46. The summed E-state index contributed by atoms with van der Waals surface area (Å²) in [5.74, 6) is -0.462. The molecular weight excluding hydrogens is 270 g/mol. The van der Waals surface area contributed by atoms with Crippen molar-refractivity contribution in [3.8, 4) is 0 Å². The molecule has 2 aliphatic rings. The summed E-state index contributed by atoms with van der Waals surface area (Å²) in [7, 11) is 0. The number of para-hydroxylation sites is 1. The van der Waals surface area contributed by atoms with E-state index in [0.29, 0.717) is 18.0 Å². The van der Waals surface area contributed by atoms with Gasteiger partial charge in [-0.05, 0) is 30.9 Å². The number of nitrogens with zero attached hydrogens (tertiary/aromatic N) is 1. The summed E-state index contributed by atoms with van der Waals surface area (Å²) in [5, 5.41) is 12.2. The summed E-state index contributed by atoms with van der Waals surface area (Å²) in [6, 6.07) is 5.36. The van der Waals surface area contributed by atoms with Crippen LogP contribution in [0.15, 0.2) is 18.2 Å². The monoisotopic (exact) mass is 289 g/mol. The number of aromatic carboxylic acids is 1. The van der Waals surface area contributed by atoms with Gasteiger partial charge in [0.25, 0.3) is 0 Å². The first-order valence-electron chi connectivity index (χ1n) is 7.22. The third kappa shape index (κ3) is 2.53. The van der Waals surface area contributed by atoms with Gasteiger partial charge in [0.2, 0.25) is 5.91 Å². The van der Waals surface area contributed by atoms with Crippen LogP contribution in [0.5, 0.6) is 0 Å². The van der Waals surface area contributed by atoms with Crippen molar-refractivity contribution in [2.24, 2.45) is 5.92 Å². The van der Waals surface area contributed by atoms with Crippen LogP contribution in [0.3, 0.4) is 0 Å². The Balaban J connectivity index is 1.81. The van der Waals surface area contributed by atoms with Crippen LogP contribution in [0.25, 0.3) is 0 Å². The summed E-state index contributed by atoms with van der Waals surface area (Å²) < 4.78 is 0. The lowest BCUT2D eigenvalue weighted by Crippen LogP contribution is -2.54. The quantitative estimate of drug-likeness (QED) is 0.708. The van der Waals surface area contributed by atoms with Crippen molar-refractivity contribution in [1.82, 2.24) is 5.32 Å². The summed E-state index contributed by atoms with van der Waals surface area (Å²) in [5.41, 5.74) is 7.26. The van der Waals surface area contributed by atoms with E-state index in [1.54, 1.807) is 6.07 Å². The molecule has 112 valence electrons. The van der Waals surface area contributed by atoms with Gasteiger partial charge in [-0.1, -0.05) is 6.07 Å². The molecule has 0 radical (unpaired) electrons. The average molecular weight is 289 g/mol. The number of anilines is 2. The summed E-state index contributed by atoms with van der Waals surface area (Å²) in [4.78, 5) is 24.7. The third-order valence-corrected chi connectivity index (χ3v) is 4.48. The van der Waals surface area contributed by atoms with Crippen molar-refractivity contribution in [3.05, 3.63) is 23.8 Å². The molecule has 4 N–H and O–H groups in total. The molecule has 0 spiro atoms. The Morgan fingerprint density at radius 3 is 2.95 bits per heavy atom. The van der Waals surface area contributed by atoms with Gasteiger partial charge in [0.1, 0.15) is 0 Å². The molecule has 0 saturated carbocycles. The zero-order valence-corrected chi connectivity index (χ0v) is 11.7. The number of fused-ring (bicyclic) bond motifs is 1. The Hall–Kier alpha value is -2.24. The van der Waals surface area contributed by atoms with Crippen molar-refractivity contribution in [3.63, 3.8) is 0 Å². The Morgan fingerprint density at radius 2 is 2.19 bits per heavy atom. The molecule has 2 fully saturated rings. The minimum absolute atomic E-state index is 0.136. The highest BCUT2D eigenvalue weighted by molar-refractivity contribution is 5.97. The smallest absolute Gasteiger partial charge is 0.337 e. The molecule has 1 aromatic rings. The topological polar surface area (TPSA) is 95.7 Å². The van der Waals surface area contributed by atoms with Crippen molar-refractivity contribution in [1.29, 1.82) is 0 Å². The molecule has 2 atom stereocenters. The van der Waals surface area contributed by atoms with Crippen LogP contribution in [-0.2, 0) is 4.79 Å². The molecule has 0 bridgehead atoms. The molecule has 2 aliphatic heterocycles. The Morgan fingerprint density at radius 1 is 1.38 bits per heavy atom. The maximum absolute atomic E-state index is 11.4. The first-order chi connectivity index (χ1) is 10.1. The SMILES string of the molecule is Nc1c(C(=O)O)cccc1N1CCC2NC(=O)CCC2C1. The molecule has 1 aromatic carbocycles. The molecule has 6 heteroatoms. The third-order valence-electron chi connectivity index (χ3n) is 4.48. The van der Waals surface area contributed by atoms with Gasteiger partial charge in [-0.15, -0.1) is 0 Å². The Bertz CT molecular complexity index is 588. The van der Waals surface area contributed by atoms with Crippen molar-refractivity contribution in [2.45, 2.75) is 25.3 Å². The number of amides is 1. The van der Waals surface area contributed by atoms with E-state index >= 15 is 0 Å². The van der Waals surface area contributed by atoms with Gasteiger partial charge in [-0.25, -0.2) is 4.79 Å². The molecule has 21 heavy (non-hydrogen) atoms. The van der Waals surface area contributed by atoms with Crippen LogP contribution in [0.4, 0.5) is 11.4 Å². The lowest BCUT2D eigenvalue weighted by molar-refractivity contribution is -0.124. The van der Waals surface area contributed by atoms with Crippen LogP contribution in [-0.4, -0.2) is 36.1 Å². The second-order valence-corrected chi connectivity index (χ2v) is 5.75. The number of piperidine rings is 2. The number of nitrogen functional groups attached to an aromatic ring is 1. The van der Waals surface area contributed by atoms with Gasteiger partial charge < -0.3 is 21.1 Å². The van der Waals surface area contributed by atoms with E-state index in [1.165, 1.54) is 6.07 Å². The van der Waals surface area contributed by atoms with E-state index in [2.05, 4.69) is 10.2 Å². The fourth-order valence-electron chi connectivity index (χ4n) is 3.34. The van der Waals surface area contributed by atoms with Crippen molar-refractivity contribution >= 4 is 23.3 Å². The maximum atomic E-state index is 11.4. The minimum atomic E-state index is -1.01. The van der Waals surface area contributed by atoms with Crippen molar-refractivity contribution < 1.29 is 14.7 Å². The second-order valence-electron chi connectivity index (χ2n) is 5.75. The fourth-order valence-corrected chi connectivity index (χ4v) is 3.34. The highest BCUT2D eigenvalue weighted by Gasteiger charge is 2.34. The van der Waals surface area contributed by atoms with E-state index in [0.717, 1.165) is 31.6 Å². The molecule has 0 aliphatic carbocycles. The number of carboxylic acid groups (broad SMARTS) is 1. The summed E-state index contributed by atoms with van der Waals surface area (Å²) in [6.45, 7) is 1.58. The van der Waals surface area contributed by atoms with Crippen molar-refractivity contribution in [2.75, 3.05) is 23.7 Å². The van der Waals surface area contributed by atoms with Crippen LogP contribution in [0.2, 0.25) is 0 Å². The van der Waals surface area contributed by atoms with Crippen LogP contribution < -0.4 is 16.0 Å². The molecule has 6 nitrogen and oxygen atoms in total. The first-order valence-corrected chi connectivity index (χ1v) is 7.22. The number of hydrogen-bond donors (Lipinski definition) is 3. The minimum Gasteiger partial charge on any atom is -0.478 e. The van der Waals surface area contributed by atoms with E-state index in [9.17, 15) is 9.59 Å². The van der Waals surface area contributed by atoms with E-state index in [4.69, 9.17) is 10.8 Å². The van der Waals surface area contributed by atoms with Gasteiger partial charge >= 0.3 is 5.97 Å². The molecule has 2 unspecified atom stereocenters. The predicted octanol–water partition coefficient (Wildman–Crippen LogP) is 1.07. The first kappa shape index (κ1) is 13.7. The zero-order valence-electron chi connectivity index (χ0n) is 11.7. The number of rotatable bonds is 2. The molecule has 2 saturated heterocycles. The summed E-state index contributed by atoms with van der Waals surface area (Å²) in [6.07, 6.45) is 2.32. The predicted molar refractivity (Wildman–Crippen MR) is 79.3 cm³/mol. The van der Waals surface area contributed by atoms with Gasteiger partial charge in [-0.3, -0.25) is 4.79 Å². The second kappa shape index (κ2) is 5.27. The van der Waals surface area contributed by atoms with Gasteiger partial charge in [0.05, 0.1) is 16.9 Å². The molecule has 2 heterocycles. The summed E-state index contributed by atoms with van der Waals surface area (Å²) >= 11 is 0. The number of benzene rings is 1. The highest BCUT2D eigenvalue weighted by atomic mass is 16.4. The van der Waals surface area contributed by atoms with E-state index in [1.807, 2.05) is 6.07 Å². The van der Waals surface area contributed by atoms with Gasteiger partial charge in [0, 0.05) is 25.6 Å². The number of nitrogens with two attached hydrogens (primary N) is 1. The zero-order chi connectivity index (χ0) is 15.0. The molecule has 1 amide bonds. The van der Waals surface area contributed by atoms with Crippen LogP contribution in [0, 0.1) is 5.92 Å². The number of hydrogen-bond acceptors (Lipinski definition) is 4. The molecule has 0 aromatic heterocycles. The Labute approximate surface area is 122 Å². The van der Waals surface area contributed by atoms with Gasteiger partial charge in [0.15, 0.2) is 0 Å². The maximum Gasteiger partial charge on any atom is 0.337 e. The van der Waals surface area contributed by atoms with Crippen LogP contribution >= 0.6 is 0 Å². The van der Waals surface area contributed by atoms with Crippen LogP contribution in [0.1, 0.15) is 29.6 Å². The van der Waals surface area contributed by atoms with E-state index in [-0.39, 0.29) is 17.5 Å². The standard InChI is InChI=1S/C15H19N3O3/c16-14-10(15(20)21)2-1-3-12(14)18-7-6-11-9(8-18)4-5-13(19)17-11/h1-3,9,11H,4-8,16H2,(H,17,19)(H,20,21). The van der Waals surface area contributed by atoms with Gasteiger partial charge in [-0.2, -0.15) is 0 Å². The number of carboxylic acids is 1. The Kier molecular flexibility index (Phi) is 3.45. The lowest BCUT2D eigenvalue weighted by atomic mass is 9.85. The number of carbonyl (C=O) groups excluding carboxylic acids is 1. The number of nitrogens with one attached hydrogen (secondary N) is 1. The molecule has 3 rings (SSSR count). The molecular formula is C15H19N3O3. The normalized spacial score (nSPS) is 25.1. The van der Waals surface area contributed by atoms with E-state index < -0.39 is 5.97 Å². The highest BCUT2D eigenvalue weighted by Crippen LogP contribution is 2.33. The number of carbonyl (C=O) groups is 2. The largest absolute Gasteiger partial charge is 0.478 e. The lowest BCUT2D eigenvalue weighted by Gasteiger charge is -2.42. The fraction of sp³-hybridized carbons (Fsp3) is 0.467.